The fraction of sp³-hybridized carbons (Fsp3) is 0.938. The number of halogens is 1. The lowest BCUT2D eigenvalue weighted by Crippen LogP contribution is -2.39. The smallest absolute Gasteiger partial charge is 0.191 e. The molecule has 22 heavy (non-hydrogen) atoms. The molecular formula is C16H34IN3O2. The average molecular weight is 427 g/mol. The molecule has 1 heterocycles. The van der Waals surface area contributed by atoms with Crippen LogP contribution >= 0.6 is 24.0 Å². The number of aliphatic hydroxyl groups excluding tert-OH is 1. The number of ether oxygens (including phenoxy) is 1. The summed E-state index contributed by atoms with van der Waals surface area (Å²) in [5.41, 5.74) is 0.0271. The number of rotatable bonds is 10. The van der Waals surface area contributed by atoms with Gasteiger partial charge in [-0.1, -0.05) is 26.2 Å². The van der Waals surface area contributed by atoms with Gasteiger partial charge in [-0.25, -0.2) is 0 Å². The number of aliphatic imine (C=N–C) groups is 1. The summed E-state index contributed by atoms with van der Waals surface area (Å²) in [4.78, 5) is 4.71. The Morgan fingerprint density at radius 2 is 2.05 bits per heavy atom. The molecule has 0 saturated carbocycles. The van der Waals surface area contributed by atoms with Crippen molar-refractivity contribution in [3.63, 3.8) is 0 Å². The van der Waals surface area contributed by atoms with Gasteiger partial charge in [0.15, 0.2) is 5.96 Å². The highest BCUT2D eigenvalue weighted by Gasteiger charge is 2.34. The van der Waals surface area contributed by atoms with Crippen LogP contribution in [-0.4, -0.2) is 50.5 Å². The van der Waals surface area contributed by atoms with E-state index in [0.29, 0.717) is 6.61 Å². The zero-order valence-corrected chi connectivity index (χ0v) is 16.5. The molecule has 0 spiro atoms. The number of hydrogen-bond acceptors (Lipinski definition) is 3. The largest absolute Gasteiger partial charge is 0.396 e. The first-order valence-electron chi connectivity index (χ1n) is 8.47. The molecule has 0 amide bonds. The van der Waals surface area contributed by atoms with Gasteiger partial charge in [-0.3, -0.25) is 4.99 Å². The molecule has 1 saturated heterocycles. The number of guanidine groups is 1. The van der Waals surface area contributed by atoms with E-state index in [1.807, 2.05) is 0 Å². The van der Waals surface area contributed by atoms with Gasteiger partial charge in [0.25, 0.3) is 0 Å². The molecule has 1 unspecified atom stereocenters. The SMILES string of the molecule is CCCCCCNC(=NCC1(CCO)CCOC1)NCC.I. The highest BCUT2D eigenvalue weighted by Crippen LogP contribution is 2.32. The maximum absolute atomic E-state index is 9.25. The van der Waals surface area contributed by atoms with Gasteiger partial charge in [-0.15, -0.1) is 24.0 Å². The third-order valence-electron chi connectivity index (χ3n) is 4.07. The number of nitrogens with one attached hydrogen (secondary N) is 2. The quantitative estimate of drug-likeness (QED) is 0.217. The normalized spacial score (nSPS) is 21.5. The first-order chi connectivity index (χ1) is 10.3. The molecule has 0 aliphatic carbocycles. The topological polar surface area (TPSA) is 65.9 Å². The lowest BCUT2D eigenvalue weighted by molar-refractivity contribution is 0.131. The number of nitrogens with zero attached hydrogens (tertiary/aromatic N) is 1. The van der Waals surface area contributed by atoms with Gasteiger partial charge in [0.2, 0.25) is 0 Å². The number of aliphatic hydroxyl groups is 1. The molecule has 0 aromatic carbocycles. The second kappa shape index (κ2) is 13.4. The summed E-state index contributed by atoms with van der Waals surface area (Å²) in [6, 6.07) is 0. The molecule has 1 atom stereocenters. The van der Waals surface area contributed by atoms with Crippen LogP contribution in [0.2, 0.25) is 0 Å². The Morgan fingerprint density at radius 1 is 1.23 bits per heavy atom. The third kappa shape index (κ3) is 8.53. The summed E-state index contributed by atoms with van der Waals surface area (Å²) in [7, 11) is 0. The van der Waals surface area contributed by atoms with Crippen molar-refractivity contribution in [1.29, 1.82) is 0 Å². The van der Waals surface area contributed by atoms with E-state index >= 15 is 0 Å². The zero-order chi connectivity index (χ0) is 15.4. The molecule has 6 heteroatoms. The van der Waals surface area contributed by atoms with Crippen LogP contribution in [0, 0.1) is 5.41 Å². The minimum atomic E-state index is 0. The summed E-state index contributed by atoms with van der Waals surface area (Å²) in [5.74, 6) is 0.887. The summed E-state index contributed by atoms with van der Waals surface area (Å²) < 4.78 is 5.51. The van der Waals surface area contributed by atoms with Crippen LogP contribution in [-0.2, 0) is 4.74 Å². The van der Waals surface area contributed by atoms with Crippen molar-refractivity contribution in [3.05, 3.63) is 0 Å². The van der Waals surface area contributed by atoms with Crippen molar-refractivity contribution in [2.45, 2.75) is 52.4 Å². The number of hydrogen-bond donors (Lipinski definition) is 3. The molecule has 1 aliphatic rings. The van der Waals surface area contributed by atoms with Crippen molar-refractivity contribution in [1.82, 2.24) is 10.6 Å². The minimum Gasteiger partial charge on any atom is -0.396 e. The Hall–Kier alpha value is -0.0800. The van der Waals surface area contributed by atoms with Crippen LogP contribution in [0.5, 0.6) is 0 Å². The molecule has 0 bridgehead atoms. The van der Waals surface area contributed by atoms with Gasteiger partial charge < -0.3 is 20.5 Å². The average Bonchev–Trinajstić information content (AvgIpc) is 2.94. The Labute approximate surface area is 152 Å². The summed E-state index contributed by atoms with van der Waals surface area (Å²) in [6.07, 6.45) is 6.78. The van der Waals surface area contributed by atoms with E-state index in [0.717, 1.165) is 45.0 Å². The van der Waals surface area contributed by atoms with Crippen LogP contribution in [0.25, 0.3) is 0 Å². The predicted octanol–water partition coefficient (Wildman–Crippen LogP) is 2.53. The fourth-order valence-corrected chi connectivity index (χ4v) is 2.63. The summed E-state index contributed by atoms with van der Waals surface area (Å²) in [5, 5.41) is 15.9. The second-order valence-corrected chi connectivity index (χ2v) is 5.96. The van der Waals surface area contributed by atoms with E-state index in [1.165, 1.54) is 25.7 Å². The molecule has 1 fully saturated rings. The minimum absolute atomic E-state index is 0. The lowest BCUT2D eigenvalue weighted by atomic mass is 9.84. The predicted molar refractivity (Wildman–Crippen MR) is 103 cm³/mol. The van der Waals surface area contributed by atoms with E-state index in [-0.39, 0.29) is 36.0 Å². The third-order valence-corrected chi connectivity index (χ3v) is 4.07. The maximum Gasteiger partial charge on any atom is 0.191 e. The summed E-state index contributed by atoms with van der Waals surface area (Å²) >= 11 is 0. The molecule has 0 radical (unpaired) electrons. The monoisotopic (exact) mass is 427 g/mol. The van der Waals surface area contributed by atoms with E-state index in [4.69, 9.17) is 9.73 Å². The van der Waals surface area contributed by atoms with Crippen LogP contribution in [0.1, 0.15) is 52.4 Å². The van der Waals surface area contributed by atoms with Crippen molar-refractivity contribution in [3.8, 4) is 0 Å². The van der Waals surface area contributed by atoms with E-state index in [2.05, 4.69) is 24.5 Å². The van der Waals surface area contributed by atoms with Crippen LogP contribution < -0.4 is 10.6 Å². The van der Waals surface area contributed by atoms with Gasteiger partial charge in [0, 0.05) is 31.7 Å². The van der Waals surface area contributed by atoms with Gasteiger partial charge in [-0.05, 0) is 26.2 Å². The Morgan fingerprint density at radius 3 is 2.64 bits per heavy atom. The van der Waals surface area contributed by atoms with E-state index < -0.39 is 0 Å². The van der Waals surface area contributed by atoms with Gasteiger partial charge in [0.1, 0.15) is 0 Å². The van der Waals surface area contributed by atoms with Gasteiger partial charge >= 0.3 is 0 Å². The molecule has 3 N–H and O–H groups in total. The Balaban J connectivity index is 0.00000441. The van der Waals surface area contributed by atoms with Crippen LogP contribution in [0.3, 0.4) is 0 Å². The molecule has 0 aromatic heterocycles. The summed E-state index contributed by atoms with van der Waals surface area (Å²) in [6.45, 7) is 8.57. The number of unbranched alkanes of at least 4 members (excludes halogenated alkanes) is 3. The first-order valence-corrected chi connectivity index (χ1v) is 8.47. The highest BCUT2D eigenvalue weighted by molar-refractivity contribution is 14.0. The van der Waals surface area contributed by atoms with Gasteiger partial charge in [0.05, 0.1) is 13.2 Å². The van der Waals surface area contributed by atoms with Crippen molar-refractivity contribution >= 4 is 29.9 Å². The standard InChI is InChI=1S/C16H33N3O2.HI/c1-3-5-6-7-10-18-15(17-4-2)19-13-16(8-11-20)9-12-21-14-16;/h20H,3-14H2,1-2H3,(H2,17,18,19);1H. The zero-order valence-electron chi connectivity index (χ0n) is 14.2. The van der Waals surface area contributed by atoms with E-state index in [9.17, 15) is 5.11 Å². The van der Waals surface area contributed by atoms with Crippen molar-refractivity contribution < 1.29 is 9.84 Å². The van der Waals surface area contributed by atoms with Crippen LogP contribution in [0.4, 0.5) is 0 Å². The molecule has 1 rings (SSSR count). The molecule has 132 valence electrons. The first kappa shape index (κ1) is 21.9. The fourth-order valence-electron chi connectivity index (χ4n) is 2.63. The molecular weight excluding hydrogens is 393 g/mol. The second-order valence-electron chi connectivity index (χ2n) is 5.96. The lowest BCUT2D eigenvalue weighted by Gasteiger charge is -2.24. The molecule has 0 aromatic rings. The highest BCUT2D eigenvalue weighted by atomic mass is 127. The Bertz CT molecular complexity index is 295. The maximum atomic E-state index is 9.25. The van der Waals surface area contributed by atoms with Crippen LogP contribution in [0.15, 0.2) is 4.99 Å². The molecule has 1 aliphatic heterocycles. The van der Waals surface area contributed by atoms with Gasteiger partial charge in [-0.2, -0.15) is 0 Å². The Kier molecular flexibility index (Phi) is 13.3. The van der Waals surface area contributed by atoms with E-state index in [1.54, 1.807) is 0 Å². The van der Waals surface area contributed by atoms with Crippen molar-refractivity contribution in [2.75, 3.05) is 39.5 Å². The molecule has 5 nitrogen and oxygen atoms in total. The van der Waals surface area contributed by atoms with Crippen molar-refractivity contribution in [2.24, 2.45) is 10.4 Å².